The molecule has 1 aromatic heterocycles. The number of carbonyl (C=O) groups is 1. The zero-order chi connectivity index (χ0) is 15.2. The van der Waals surface area contributed by atoms with Gasteiger partial charge < -0.3 is 15.7 Å². The van der Waals surface area contributed by atoms with Crippen LogP contribution < -0.4 is 10.6 Å². The van der Waals surface area contributed by atoms with Crippen LogP contribution in [0.15, 0.2) is 36.4 Å². The van der Waals surface area contributed by atoms with Crippen LogP contribution in [0, 0.1) is 0 Å². The Hall–Kier alpha value is -1.40. The van der Waals surface area contributed by atoms with Gasteiger partial charge in [0, 0.05) is 30.6 Å². The molecule has 0 spiro atoms. The van der Waals surface area contributed by atoms with Gasteiger partial charge in [0.25, 0.3) is 5.91 Å². The van der Waals surface area contributed by atoms with Crippen LogP contribution in [-0.4, -0.2) is 24.6 Å². The van der Waals surface area contributed by atoms with Crippen molar-refractivity contribution in [2.24, 2.45) is 0 Å². The first-order valence-electron chi connectivity index (χ1n) is 6.55. The smallest absolute Gasteiger partial charge is 0.251 e. The molecule has 1 amide bonds. The largest absolute Gasteiger partial charge is 0.386 e. The lowest BCUT2D eigenvalue weighted by Gasteiger charge is -2.10. The molecule has 0 saturated carbocycles. The van der Waals surface area contributed by atoms with Gasteiger partial charge >= 0.3 is 0 Å². The highest BCUT2D eigenvalue weighted by atomic mass is 35.5. The number of aliphatic hydroxyl groups excluding tert-OH is 1. The highest BCUT2D eigenvalue weighted by Crippen LogP contribution is 2.26. The maximum Gasteiger partial charge on any atom is 0.251 e. The zero-order valence-electron chi connectivity index (χ0n) is 11.6. The van der Waals surface area contributed by atoms with E-state index in [0.29, 0.717) is 23.0 Å². The molecule has 1 atom stereocenters. The first kappa shape index (κ1) is 16.0. The van der Waals surface area contributed by atoms with E-state index in [9.17, 15) is 9.90 Å². The van der Waals surface area contributed by atoms with Crippen molar-refractivity contribution in [2.45, 2.75) is 12.6 Å². The first-order valence-corrected chi connectivity index (χ1v) is 7.74. The molecule has 21 heavy (non-hydrogen) atoms. The third-order valence-electron chi connectivity index (χ3n) is 3.03. The molecule has 112 valence electrons. The molecule has 2 aromatic rings. The van der Waals surface area contributed by atoms with Crippen molar-refractivity contribution < 1.29 is 9.90 Å². The molecule has 1 aromatic carbocycles. The van der Waals surface area contributed by atoms with Crippen molar-refractivity contribution in [1.29, 1.82) is 0 Å². The van der Waals surface area contributed by atoms with Gasteiger partial charge in [-0.2, -0.15) is 0 Å². The number of hydrogen-bond donors (Lipinski definition) is 3. The average molecular weight is 325 g/mol. The molecule has 1 heterocycles. The molecule has 0 fully saturated rings. The average Bonchev–Trinajstić information content (AvgIpc) is 2.94. The SMILES string of the molecule is CNC(=O)c1ccc(CNCC(O)c2ccc(Cl)s2)cc1. The van der Waals surface area contributed by atoms with Gasteiger partial charge in [-0.3, -0.25) is 4.79 Å². The van der Waals surface area contributed by atoms with Crippen LogP contribution in [0.2, 0.25) is 4.34 Å². The van der Waals surface area contributed by atoms with Crippen molar-refractivity contribution >= 4 is 28.8 Å². The van der Waals surface area contributed by atoms with E-state index in [2.05, 4.69) is 10.6 Å². The first-order chi connectivity index (χ1) is 10.1. The van der Waals surface area contributed by atoms with Gasteiger partial charge in [-0.05, 0) is 29.8 Å². The van der Waals surface area contributed by atoms with Crippen LogP contribution in [0.5, 0.6) is 0 Å². The van der Waals surface area contributed by atoms with Crippen molar-refractivity contribution in [2.75, 3.05) is 13.6 Å². The molecule has 0 saturated heterocycles. The number of hydrogen-bond acceptors (Lipinski definition) is 4. The summed E-state index contributed by atoms with van der Waals surface area (Å²) >= 11 is 7.22. The molecular weight excluding hydrogens is 308 g/mol. The van der Waals surface area contributed by atoms with E-state index in [0.717, 1.165) is 10.4 Å². The summed E-state index contributed by atoms with van der Waals surface area (Å²) < 4.78 is 0.675. The topological polar surface area (TPSA) is 61.4 Å². The van der Waals surface area contributed by atoms with Gasteiger partial charge in [-0.25, -0.2) is 0 Å². The molecule has 0 bridgehead atoms. The molecular formula is C15H17ClN2O2S. The predicted octanol–water partition coefficient (Wildman–Crippen LogP) is 2.58. The van der Waals surface area contributed by atoms with Crippen LogP contribution in [0.25, 0.3) is 0 Å². The lowest BCUT2D eigenvalue weighted by molar-refractivity contribution is 0.0963. The molecule has 0 radical (unpaired) electrons. The number of aliphatic hydroxyl groups is 1. The van der Waals surface area contributed by atoms with Crippen LogP contribution in [0.3, 0.4) is 0 Å². The second-order valence-corrected chi connectivity index (χ2v) is 6.31. The van der Waals surface area contributed by atoms with Crippen LogP contribution in [-0.2, 0) is 6.54 Å². The van der Waals surface area contributed by atoms with Crippen LogP contribution >= 0.6 is 22.9 Å². The maximum absolute atomic E-state index is 11.4. The van der Waals surface area contributed by atoms with Crippen molar-refractivity contribution in [3.63, 3.8) is 0 Å². The van der Waals surface area contributed by atoms with E-state index < -0.39 is 6.10 Å². The number of benzene rings is 1. The monoisotopic (exact) mass is 324 g/mol. The Morgan fingerprint density at radius 1 is 1.29 bits per heavy atom. The van der Waals surface area contributed by atoms with Crippen molar-refractivity contribution in [3.8, 4) is 0 Å². The number of amides is 1. The second-order valence-electron chi connectivity index (χ2n) is 4.56. The molecule has 0 aliphatic carbocycles. The van der Waals surface area contributed by atoms with Gasteiger partial charge in [-0.15, -0.1) is 11.3 Å². The summed E-state index contributed by atoms with van der Waals surface area (Å²) in [4.78, 5) is 12.3. The van der Waals surface area contributed by atoms with E-state index in [1.807, 2.05) is 18.2 Å². The zero-order valence-corrected chi connectivity index (χ0v) is 13.2. The van der Waals surface area contributed by atoms with Gasteiger partial charge in [0.15, 0.2) is 0 Å². The van der Waals surface area contributed by atoms with Gasteiger partial charge in [-0.1, -0.05) is 23.7 Å². The minimum atomic E-state index is -0.562. The number of thiophene rings is 1. The van der Waals surface area contributed by atoms with Gasteiger partial charge in [0.05, 0.1) is 4.34 Å². The van der Waals surface area contributed by atoms with E-state index in [1.165, 1.54) is 11.3 Å². The Morgan fingerprint density at radius 3 is 2.57 bits per heavy atom. The summed E-state index contributed by atoms with van der Waals surface area (Å²) in [5.74, 6) is -0.0977. The third-order valence-corrected chi connectivity index (χ3v) is 4.36. The highest BCUT2D eigenvalue weighted by molar-refractivity contribution is 7.16. The third kappa shape index (κ3) is 4.54. The second kappa shape index (κ2) is 7.56. The summed E-state index contributed by atoms with van der Waals surface area (Å²) in [6, 6.07) is 11.0. The number of halogens is 1. The Bertz CT molecular complexity index is 598. The normalized spacial score (nSPS) is 12.1. The van der Waals surface area contributed by atoms with Crippen LogP contribution in [0.4, 0.5) is 0 Å². The summed E-state index contributed by atoms with van der Waals surface area (Å²) in [6.07, 6.45) is -0.562. The Labute approximate surface area is 132 Å². The standard InChI is InChI=1S/C15H17ClN2O2S/c1-17-15(20)11-4-2-10(3-5-11)8-18-9-12(19)13-6-7-14(16)21-13/h2-7,12,18-19H,8-9H2,1H3,(H,17,20). The number of rotatable bonds is 6. The molecule has 0 aliphatic rings. The molecule has 4 nitrogen and oxygen atoms in total. The Morgan fingerprint density at radius 2 is 2.00 bits per heavy atom. The fourth-order valence-corrected chi connectivity index (χ4v) is 2.93. The van der Waals surface area contributed by atoms with Crippen LogP contribution in [0.1, 0.15) is 26.9 Å². The van der Waals surface area contributed by atoms with Crippen molar-refractivity contribution in [3.05, 3.63) is 56.7 Å². The van der Waals surface area contributed by atoms with Gasteiger partial charge in [0.2, 0.25) is 0 Å². The fraction of sp³-hybridized carbons (Fsp3) is 0.267. The molecule has 3 N–H and O–H groups in total. The maximum atomic E-state index is 11.4. The van der Waals surface area contributed by atoms with E-state index in [4.69, 9.17) is 11.6 Å². The fourth-order valence-electron chi connectivity index (χ4n) is 1.88. The molecule has 0 aliphatic heterocycles. The van der Waals surface area contributed by atoms with E-state index in [-0.39, 0.29) is 5.91 Å². The van der Waals surface area contributed by atoms with Gasteiger partial charge in [0.1, 0.15) is 6.10 Å². The predicted molar refractivity (Wildman–Crippen MR) is 85.8 cm³/mol. The summed E-state index contributed by atoms with van der Waals surface area (Å²) in [5.41, 5.74) is 1.69. The Kier molecular flexibility index (Phi) is 5.76. The Balaban J connectivity index is 1.82. The molecule has 2 rings (SSSR count). The molecule has 6 heteroatoms. The minimum absolute atomic E-state index is 0.0977. The van der Waals surface area contributed by atoms with E-state index >= 15 is 0 Å². The lowest BCUT2D eigenvalue weighted by atomic mass is 10.1. The summed E-state index contributed by atoms with van der Waals surface area (Å²) in [6.45, 7) is 1.08. The summed E-state index contributed by atoms with van der Waals surface area (Å²) in [7, 11) is 1.61. The van der Waals surface area contributed by atoms with Crippen molar-refractivity contribution in [1.82, 2.24) is 10.6 Å². The quantitative estimate of drug-likeness (QED) is 0.765. The van der Waals surface area contributed by atoms with E-state index in [1.54, 1.807) is 25.2 Å². The molecule has 1 unspecified atom stereocenters. The number of carbonyl (C=O) groups excluding carboxylic acids is 1. The minimum Gasteiger partial charge on any atom is -0.386 e. The highest BCUT2D eigenvalue weighted by Gasteiger charge is 2.09. The lowest BCUT2D eigenvalue weighted by Crippen LogP contribution is -2.21. The number of nitrogens with one attached hydrogen (secondary N) is 2. The summed E-state index contributed by atoms with van der Waals surface area (Å²) in [5, 5.41) is 15.8.